The maximum atomic E-state index is 11.8. The predicted molar refractivity (Wildman–Crippen MR) is 64.6 cm³/mol. The maximum absolute atomic E-state index is 11.8. The number of nitrogens with zero attached hydrogens (tertiary/aromatic N) is 1. The van der Waals surface area contributed by atoms with E-state index in [0.29, 0.717) is 24.7 Å². The predicted octanol–water partition coefficient (Wildman–Crippen LogP) is 1.59. The van der Waals surface area contributed by atoms with Crippen LogP contribution in [0.15, 0.2) is 0 Å². The second kappa shape index (κ2) is 5.41. The van der Waals surface area contributed by atoms with Gasteiger partial charge in [0.15, 0.2) is 0 Å². The Kier molecular flexibility index (Phi) is 4.74. The molecule has 0 aliphatic carbocycles. The molecule has 0 aromatic heterocycles. The first-order valence-corrected chi connectivity index (χ1v) is 6.92. The van der Waals surface area contributed by atoms with Crippen molar-refractivity contribution >= 4 is 29.3 Å². The van der Waals surface area contributed by atoms with Crippen molar-refractivity contribution in [3.05, 3.63) is 0 Å². The van der Waals surface area contributed by atoms with E-state index >= 15 is 0 Å². The molecule has 0 bridgehead atoms. The van der Waals surface area contributed by atoms with E-state index in [9.17, 15) is 4.79 Å². The summed E-state index contributed by atoms with van der Waals surface area (Å²) >= 11 is 7.33. The largest absolute Gasteiger partial charge is 0.367 e. The minimum Gasteiger partial charge on any atom is -0.367 e. The Bertz CT molecular complexity index is 235. The van der Waals surface area contributed by atoms with Crippen LogP contribution in [-0.2, 0) is 9.53 Å². The summed E-state index contributed by atoms with van der Waals surface area (Å²) < 4.78 is 5.75. The van der Waals surface area contributed by atoms with Gasteiger partial charge in [-0.2, -0.15) is 11.8 Å². The number of carbonyl (C=O) groups is 1. The van der Waals surface area contributed by atoms with Gasteiger partial charge in [-0.1, -0.05) is 0 Å². The van der Waals surface area contributed by atoms with Gasteiger partial charge in [-0.25, -0.2) is 0 Å². The maximum Gasteiger partial charge on any atom is 0.232 e. The van der Waals surface area contributed by atoms with Crippen LogP contribution in [0.3, 0.4) is 0 Å². The lowest BCUT2D eigenvalue weighted by Crippen LogP contribution is -2.55. The fraction of sp³-hybridized carbons (Fsp3) is 0.900. The summed E-state index contributed by atoms with van der Waals surface area (Å²) in [6.45, 7) is 5.25. The molecule has 1 saturated heterocycles. The molecule has 1 unspecified atom stereocenters. The Balaban J connectivity index is 2.61. The van der Waals surface area contributed by atoms with Crippen molar-refractivity contribution < 1.29 is 9.53 Å². The van der Waals surface area contributed by atoms with Gasteiger partial charge in [-0.15, -0.1) is 11.6 Å². The molecule has 3 nitrogen and oxygen atoms in total. The molecule has 1 fully saturated rings. The first-order chi connectivity index (χ1) is 6.98. The Morgan fingerprint density at radius 3 is 2.87 bits per heavy atom. The van der Waals surface area contributed by atoms with Crippen LogP contribution in [0.25, 0.3) is 0 Å². The van der Waals surface area contributed by atoms with Crippen LogP contribution >= 0.6 is 23.4 Å². The highest BCUT2D eigenvalue weighted by molar-refractivity contribution is 7.99. The number of amides is 1. The van der Waals surface area contributed by atoms with Crippen LogP contribution in [-0.4, -0.2) is 53.5 Å². The third-order valence-corrected chi connectivity index (χ3v) is 3.15. The number of hydrogen-bond acceptors (Lipinski definition) is 3. The summed E-state index contributed by atoms with van der Waals surface area (Å²) in [5.41, 5.74) is -0.286. The van der Waals surface area contributed by atoms with Crippen LogP contribution in [0.1, 0.15) is 13.8 Å². The molecule has 1 amide bonds. The number of rotatable bonds is 3. The van der Waals surface area contributed by atoms with Gasteiger partial charge in [0.2, 0.25) is 5.91 Å². The van der Waals surface area contributed by atoms with Crippen LogP contribution in [0.4, 0.5) is 0 Å². The fourth-order valence-electron chi connectivity index (χ4n) is 1.78. The molecule has 15 heavy (non-hydrogen) atoms. The summed E-state index contributed by atoms with van der Waals surface area (Å²) in [6, 6.07) is 0. The standard InChI is InChI=1S/C10H18ClNO2S/c1-10(2)7-12(9(13)6-15-3)5-8(4-11)14-10/h8H,4-7H2,1-3H3. The molecule has 0 spiro atoms. The molecule has 1 atom stereocenters. The monoisotopic (exact) mass is 251 g/mol. The summed E-state index contributed by atoms with van der Waals surface area (Å²) in [7, 11) is 0. The summed E-state index contributed by atoms with van der Waals surface area (Å²) in [6.07, 6.45) is 1.89. The molecular formula is C10H18ClNO2S. The van der Waals surface area contributed by atoms with Crippen molar-refractivity contribution in [1.29, 1.82) is 0 Å². The normalized spacial score (nSPS) is 25.3. The highest BCUT2D eigenvalue weighted by Gasteiger charge is 2.34. The summed E-state index contributed by atoms with van der Waals surface area (Å²) in [4.78, 5) is 13.6. The number of hydrogen-bond donors (Lipinski definition) is 0. The van der Waals surface area contributed by atoms with E-state index in [0.717, 1.165) is 0 Å². The minimum absolute atomic E-state index is 0.0405. The third-order valence-electron chi connectivity index (χ3n) is 2.27. The first-order valence-electron chi connectivity index (χ1n) is 4.99. The van der Waals surface area contributed by atoms with Gasteiger partial charge in [0.25, 0.3) is 0 Å². The molecular weight excluding hydrogens is 234 g/mol. The van der Waals surface area contributed by atoms with Crippen molar-refractivity contribution in [1.82, 2.24) is 4.90 Å². The SMILES string of the molecule is CSCC(=O)N1CC(CCl)OC(C)(C)C1. The number of halogens is 1. The average Bonchev–Trinajstić information content (AvgIpc) is 2.15. The molecule has 0 radical (unpaired) electrons. The number of morpholine rings is 1. The zero-order valence-corrected chi connectivity index (χ0v) is 11.0. The second-order valence-electron chi connectivity index (χ2n) is 4.36. The Hall–Kier alpha value is 0.0700. The van der Waals surface area contributed by atoms with Gasteiger partial charge < -0.3 is 9.64 Å². The van der Waals surface area contributed by atoms with Gasteiger partial charge in [-0.3, -0.25) is 4.79 Å². The van der Waals surface area contributed by atoms with E-state index in [2.05, 4.69) is 0 Å². The second-order valence-corrected chi connectivity index (χ2v) is 5.54. The molecule has 1 aliphatic heterocycles. The van der Waals surface area contributed by atoms with Gasteiger partial charge in [0.1, 0.15) is 0 Å². The quantitative estimate of drug-likeness (QED) is 0.714. The van der Waals surface area contributed by atoms with Crippen molar-refractivity contribution in [3.8, 4) is 0 Å². The van der Waals surface area contributed by atoms with E-state index in [1.807, 2.05) is 25.0 Å². The average molecular weight is 252 g/mol. The highest BCUT2D eigenvalue weighted by atomic mass is 35.5. The lowest BCUT2D eigenvalue weighted by molar-refractivity contribution is -0.155. The van der Waals surface area contributed by atoms with Crippen molar-refractivity contribution in [2.75, 3.05) is 31.0 Å². The Morgan fingerprint density at radius 1 is 1.67 bits per heavy atom. The topological polar surface area (TPSA) is 29.5 Å². The minimum atomic E-state index is -0.286. The third kappa shape index (κ3) is 3.85. The van der Waals surface area contributed by atoms with Gasteiger partial charge >= 0.3 is 0 Å². The lowest BCUT2D eigenvalue weighted by Gasteiger charge is -2.42. The number of ether oxygens (including phenoxy) is 1. The lowest BCUT2D eigenvalue weighted by atomic mass is 10.1. The smallest absolute Gasteiger partial charge is 0.232 e. The zero-order valence-electron chi connectivity index (χ0n) is 9.46. The van der Waals surface area contributed by atoms with Crippen molar-refractivity contribution in [2.45, 2.75) is 25.6 Å². The molecule has 1 heterocycles. The van der Waals surface area contributed by atoms with Crippen LogP contribution in [0.2, 0.25) is 0 Å². The molecule has 0 saturated carbocycles. The van der Waals surface area contributed by atoms with E-state index in [1.54, 1.807) is 11.8 Å². The zero-order chi connectivity index (χ0) is 11.5. The highest BCUT2D eigenvalue weighted by Crippen LogP contribution is 2.22. The molecule has 0 aromatic rings. The van der Waals surface area contributed by atoms with Gasteiger partial charge in [0.05, 0.1) is 23.3 Å². The summed E-state index contributed by atoms with van der Waals surface area (Å²) in [5.74, 6) is 1.14. The fourth-order valence-corrected chi connectivity index (χ4v) is 2.37. The number of alkyl halides is 1. The Morgan fingerprint density at radius 2 is 2.33 bits per heavy atom. The first kappa shape index (κ1) is 13.1. The van der Waals surface area contributed by atoms with E-state index < -0.39 is 0 Å². The van der Waals surface area contributed by atoms with E-state index in [4.69, 9.17) is 16.3 Å². The van der Waals surface area contributed by atoms with Gasteiger partial charge in [-0.05, 0) is 20.1 Å². The van der Waals surface area contributed by atoms with Gasteiger partial charge in [0, 0.05) is 13.1 Å². The molecule has 1 aliphatic rings. The number of thioether (sulfide) groups is 1. The van der Waals surface area contributed by atoms with Crippen LogP contribution in [0, 0.1) is 0 Å². The van der Waals surface area contributed by atoms with Crippen molar-refractivity contribution in [2.24, 2.45) is 0 Å². The van der Waals surface area contributed by atoms with Crippen LogP contribution in [0.5, 0.6) is 0 Å². The summed E-state index contributed by atoms with van der Waals surface area (Å²) in [5, 5.41) is 0. The van der Waals surface area contributed by atoms with E-state index in [1.165, 1.54) is 0 Å². The van der Waals surface area contributed by atoms with E-state index in [-0.39, 0.29) is 17.6 Å². The molecule has 1 rings (SSSR count). The molecule has 0 N–H and O–H groups in total. The molecule has 0 aromatic carbocycles. The number of carbonyl (C=O) groups excluding carboxylic acids is 1. The molecule has 88 valence electrons. The van der Waals surface area contributed by atoms with Crippen LogP contribution < -0.4 is 0 Å². The Labute approximate surface area is 100 Å². The molecule has 5 heteroatoms. The van der Waals surface area contributed by atoms with Crippen molar-refractivity contribution in [3.63, 3.8) is 0 Å².